The maximum absolute atomic E-state index is 3.39. The first kappa shape index (κ1) is 16.3. The Labute approximate surface area is 147 Å². The van der Waals surface area contributed by atoms with Crippen LogP contribution in [0.4, 0.5) is 0 Å². The molecule has 0 nitrogen and oxygen atoms in total. The van der Waals surface area contributed by atoms with E-state index in [1.807, 2.05) is 0 Å². The number of hydrogen-bond acceptors (Lipinski definition) is 0. The molecule has 1 heteroatoms. The van der Waals surface area contributed by atoms with Crippen LogP contribution in [0.3, 0.4) is 0 Å². The molecule has 0 saturated carbocycles. The van der Waals surface area contributed by atoms with Gasteiger partial charge in [-0.25, -0.2) is 0 Å². The Balaban J connectivity index is 2.04. The van der Waals surface area contributed by atoms with Crippen LogP contribution < -0.4 is 0 Å². The average molecular weight is 482 g/mol. The summed E-state index contributed by atoms with van der Waals surface area (Å²) < 4.78 is 7.47. The molecule has 0 heterocycles. The van der Waals surface area contributed by atoms with Gasteiger partial charge in [-0.15, -0.1) is 0 Å². The molecule has 4 rings (SSSR count). The zero-order valence-corrected chi connectivity index (χ0v) is 18.8. The van der Waals surface area contributed by atoms with Gasteiger partial charge in [-0.1, -0.05) is 0 Å². The standard InChI is InChI=1S/C13H9.C5H5.C3H7.2CH3.Hf/c1-3-7-12-10(5-1)9-11-6-2-4-8-13(11)12;1-2-4-5-3-1;1-3-2;;;/h1-9H;1-5H;3H,1-2H3;2*1H3;. The van der Waals surface area contributed by atoms with Crippen LogP contribution in [-0.2, 0) is 18.5 Å². The van der Waals surface area contributed by atoms with E-state index in [0.29, 0.717) is 7.35 Å². The van der Waals surface area contributed by atoms with E-state index in [9.17, 15) is 0 Å². The molecule has 0 atom stereocenters. The molecule has 2 aliphatic carbocycles. The van der Waals surface area contributed by atoms with Crippen molar-refractivity contribution in [2.24, 2.45) is 0 Å². The monoisotopic (exact) mass is 483 g/mol. The number of allylic oxidation sites excluding steroid dienone is 4. The van der Waals surface area contributed by atoms with E-state index in [-0.39, 0.29) is 0 Å². The van der Waals surface area contributed by atoms with E-state index in [2.05, 4.69) is 96.0 Å². The summed E-state index contributed by atoms with van der Waals surface area (Å²) in [6.07, 6.45) is 9.50. The summed E-state index contributed by atoms with van der Waals surface area (Å²) in [5, 5.41) is 0. The van der Waals surface area contributed by atoms with Gasteiger partial charge in [-0.05, 0) is 0 Å². The Morgan fingerprint density at radius 1 is 0.750 bits per heavy atom. The van der Waals surface area contributed by atoms with Crippen LogP contribution in [0, 0.1) is 0 Å². The van der Waals surface area contributed by atoms with Crippen molar-refractivity contribution < 1.29 is 18.5 Å². The molecule has 0 aliphatic heterocycles. The van der Waals surface area contributed by atoms with Crippen LogP contribution in [0.15, 0.2) is 72.8 Å². The Morgan fingerprint density at radius 3 is 1.67 bits per heavy atom. The molecule has 0 amide bonds. The normalized spacial score (nSPS) is 18.6. The third-order valence-corrected chi connectivity index (χ3v) is 38.2. The van der Waals surface area contributed by atoms with Crippen molar-refractivity contribution in [3.05, 3.63) is 84.0 Å². The molecule has 2 aliphatic rings. The summed E-state index contributed by atoms with van der Waals surface area (Å²) in [7, 11) is 0. The van der Waals surface area contributed by atoms with E-state index in [0.717, 1.165) is 3.67 Å². The van der Waals surface area contributed by atoms with Gasteiger partial charge >= 0.3 is 148 Å². The second-order valence-corrected chi connectivity index (χ2v) is 37.0. The van der Waals surface area contributed by atoms with Gasteiger partial charge in [0.25, 0.3) is 0 Å². The van der Waals surface area contributed by atoms with Gasteiger partial charge in [0, 0.05) is 0 Å². The van der Waals surface area contributed by atoms with E-state index < -0.39 is 18.5 Å². The fourth-order valence-corrected chi connectivity index (χ4v) is 25.6. The zero-order valence-electron chi connectivity index (χ0n) is 15.2. The molecule has 0 radical (unpaired) electrons. The molecule has 0 unspecified atom stereocenters. The maximum atomic E-state index is 2.72. The van der Waals surface area contributed by atoms with Crippen molar-refractivity contribution in [1.29, 1.82) is 0 Å². The molecule has 0 fully saturated rings. The summed E-state index contributed by atoms with van der Waals surface area (Å²) in [6, 6.07) is 18.3. The number of rotatable bonds is 3. The van der Waals surface area contributed by atoms with E-state index in [1.54, 1.807) is 11.1 Å². The average Bonchev–Trinajstić information content (AvgIpc) is 3.22. The molecule has 0 saturated heterocycles. The molecule has 24 heavy (non-hydrogen) atoms. The minimum atomic E-state index is -3.39. The van der Waals surface area contributed by atoms with Crippen LogP contribution >= 0.6 is 0 Å². The molecule has 2 aromatic rings. The van der Waals surface area contributed by atoms with Gasteiger partial charge < -0.3 is 0 Å². The number of fused-ring (bicyclic) bond motifs is 3. The van der Waals surface area contributed by atoms with Gasteiger partial charge in [0.1, 0.15) is 0 Å². The second-order valence-electron chi connectivity index (χ2n) is 8.79. The van der Waals surface area contributed by atoms with E-state index in [1.165, 1.54) is 11.1 Å². The minimum absolute atomic E-state index is 0.617. The Hall–Kier alpha value is -1.21. The molecular weight excluding hydrogens is 455 g/mol. The van der Waals surface area contributed by atoms with Gasteiger partial charge in [-0.3, -0.25) is 0 Å². The van der Waals surface area contributed by atoms with Crippen molar-refractivity contribution in [1.82, 2.24) is 0 Å². The van der Waals surface area contributed by atoms with Crippen molar-refractivity contribution in [2.45, 2.75) is 34.2 Å². The van der Waals surface area contributed by atoms with Crippen LogP contribution in [0.25, 0.3) is 11.1 Å². The molecule has 0 aromatic heterocycles. The predicted octanol–water partition coefficient (Wildman–Crippen LogP) is 7.29. The molecule has 0 spiro atoms. The molecular formula is C23H27Hf. The Kier molecular flexibility index (Phi) is 3.66. The van der Waals surface area contributed by atoms with Gasteiger partial charge in [0.15, 0.2) is 0 Å². The van der Waals surface area contributed by atoms with E-state index in [4.69, 9.17) is 0 Å². The second kappa shape index (κ2) is 5.39. The molecule has 0 bridgehead atoms. The topological polar surface area (TPSA) is 0 Å². The SMILES string of the molecule is C[CH](C)[Hf]([CH3])([CH3])([CH]1C=CC=C1)[CH]1c2ccccc2-c2ccccc21. The quantitative estimate of drug-likeness (QED) is 0.404. The fourth-order valence-electron chi connectivity index (χ4n) is 5.09. The third kappa shape index (κ3) is 2.00. The molecule has 0 N–H and O–H groups in total. The predicted molar refractivity (Wildman–Crippen MR) is 103 cm³/mol. The first-order chi connectivity index (χ1) is 11.4. The summed E-state index contributed by atoms with van der Waals surface area (Å²) in [6.45, 7) is 4.97. The number of benzene rings is 2. The van der Waals surface area contributed by atoms with Gasteiger partial charge in [0.2, 0.25) is 0 Å². The number of hydrogen-bond donors (Lipinski definition) is 0. The summed E-state index contributed by atoms with van der Waals surface area (Å²) >= 11 is -3.39. The van der Waals surface area contributed by atoms with Gasteiger partial charge in [0.05, 0.1) is 0 Å². The van der Waals surface area contributed by atoms with Crippen molar-refractivity contribution in [3.63, 3.8) is 0 Å². The Bertz CT molecular complexity index is 796. The third-order valence-electron chi connectivity index (χ3n) is 7.37. The van der Waals surface area contributed by atoms with Crippen LogP contribution in [0.5, 0.6) is 0 Å². The van der Waals surface area contributed by atoms with Crippen LogP contribution in [0.1, 0.15) is 28.6 Å². The first-order valence-corrected chi connectivity index (χ1v) is 22.6. The van der Waals surface area contributed by atoms with Gasteiger partial charge in [-0.2, -0.15) is 0 Å². The Morgan fingerprint density at radius 2 is 1.21 bits per heavy atom. The van der Waals surface area contributed by atoms with Crippen molar-refractivity contribution in [3.8, 4) is 11.1 Å². The van der Waals surface area contributed by atoms with Crippen molar-refractivity contribution in [2.75, 3.05) is 0 Å². The summed E-state index contributed by atoms with van der Waals surface area (Å²) in [4.78, 5) is 0. The first-order valence-electron chi connectivity index (χ1n) is 9.17. The fraction of sp³-hybridized carbons (Fsp3) is 0.304. The van der Waals surface area contributed by atoms with Crippen LogP contribution in [-0.4, -0.2) is 0 Å². The summed E-state index contributed by atoms with van der Waals surface area (Å²) in [5.41, 5.74) is 6.11. The van der Waals surface area contributed by atoms with E-state index >= 15 is 0 Å². The molecule has 123 valence electrons. The zero-order chi connectivity index (χ0) is 17.0. The molecule has 2 aromatic carbocycles. The summed E-state index contributed by atoms with van der Waals surface area (Å²) in [5.74, 6) is 0. The van der Waals surface area contributed by atoms with Crippen LogP contribution in [0.2, 0.25) is 16.7 Å². The van der Waals surface area contributed by atoms with Crippen molar-refractivity contribution >= 4 is 0 Å².